The fourth-order valence-corrected chi connectivity index (χ4v) is 4.88. The number of rotatable bonds is 4. The number of hydrogen-bond donors (Lipinski definition) is 1. The first-order chi connectivity index (χ1) is 15.6. The number of methoxy groups -OCH3 is 1. The molecule has 6 nitrogen and oxygen atoms in total. The van der Waals surface area contributed by atoms with E-state index in [9.17, 15) is 14.7 Å². The molecule has 0 radical (unpaired) electrons. The van der Waals surface area contributed by atoms with Crippen LogP contribution in [0.3, 0.4) is 0 Å². The smallest absolute Gasteiger partial charge is 0.301 e. The van der Waals surface area contributed by atoms with E-state index in [1.165, 1.54) is 16.2 Å². The quantitative estimate of drug-likeness (QED) is 0.275. The lowest BCUT2D eigenvalue weighted by Crippen LogP contribution is -2.29. The molecule has 1 aliphatic rings. The Bertz CT molecular complexity index is 1360. The normalized spacial score (nSPS) is 17.8. The first-order valence-corrected chi connectivity index (χ1v) is 10.8. The highest BCUT2D eigenvalue weighted by atomic mass is 32.1. The number of aromatic nitrogens is 1. The molecule has 2 heterocycles. The highest BCUT2D eigenvalue weighted by molar-refractivity contribution is 7.22. The summed E-state index contributed by atoms with van der Waals surface area (Å²) in [6.45, 7) is 0. The molecule has 5 rings (SSSR count). The first kappa shape index (κ1) is 20.0. The van der Waals surface area contributed by atoms with Gasteiger partial charge < -0.3 is 9.84 Å². The molecule has 7 heteroatoms. The van der Waals surface area contributed by atoms with Gasteiger partial charge in [0.15, 0.2) is 5.13 Å². The Morgan fingerprint density at radius 2 is 1.69 bits per heavy atom. The lowest BCUT2D eigenvalue weighted by Gasteiger charge is -2.22. The van der Waals surface area contributed by atoms with E-state index in [0.29, 0.717) is 27.5 Å². The van der Waals surface area contributed by atoms with Crippen LogP contribution in [0.25, 0.3) is 16.0 Å². The zero-order valence-electron chi connectivity index (χ0n) is 17.1. The van der Waals surface area contributed by atoms with Gasteiger partial charge in [0.2, 0.25) is 0 Å². The third-order valence-electron chi connectivity index (χ3n) is 5.40. The van der Waals surface area contributed by atoms with Gasteiger partial charge in [-0.05, 0) is 23.8 Å². The number of anilines is 1. The van der Waals surface area contributed by atoms with Gasteiger partial charge in [-0.15, -0.1) is 0 Å². The second-order valence-electron chi connectivity index (χ2n) is 7.28. The number of fused-ring (bicyclic) bond motifs is 1. The van der Waals surface area contributed by atoms with Gasteiger partial charge in [0, 0.05) is 5.56 Å². The summed E-state index contributed by atoms with van der Waals surface area (Å²) in [5.74, 6) is -0.985. The highest BCUT2D eigenvalue weighted by Crippen LogP contribution is 2.44. The Hall–Kier alpha value is -3.97. The number of aliphatic hydroxyl groups is 1. The fourth-order valence-electron chi connectivity index (χ4n) is 3.85. The van der Waals surface area contributed by atoms with Crippen molar-refractivity contribution in [1.82, 2.24) is 4.98 Å². The van der Waals surface area contributed by atoms with Crippen LogP contribution in [0, 0.1) is 0 Å². The highest BCUT2D eigenvalue weighted by Gasteiger charge is 2.48. The second kappa shape index (κ2) is 7.94. The van der Waals surface area contributed by atoms with Crippen molar-refractivity contribution in [3.8, 4) is 5.75 Å². The van der Waals surface area contributed by atoms with Crippen molar-refractivity contribution in [3.63, 3.8) is 0 Å². The average molecular weight is 442 g/mol. The molecule has 1 aliphatic heterocycles. The minimum absolute atomic E-state index is 0.0456. The van der Waals surface area contributed by atoms with Gasteiger partial charge in [-0.1, -0.05) is 72.0 Å². The maximum absolute atomic E-state index is 13.2. The number of Topliss-reactive ketones (excluding diaryl/α,β-unsaturated/α-hetero) is 1. The number of carbonyl (C=O) groups excluding carboxylic acids is 2. The minimum atomic E-state index is -0.793. The molecule has 1 saturated heterocycles. The van der Waals surface area contributed by atoms with Crippen molar-refractivity contribution < 1.29 is 19.4 Å². The number of nitrogens with zero attached hydrogens (tertiary/aromatic N) is 2. The molecule has 1 N–H and O–H groups in total. The largest absolute Gasteiger partial charge is 0.507 e. The van der Waals surface area contributed by atoms with Crippen molar-refractivity contribution >= 4 is 44.1 Å². The molecule has 0 aliphatic carbocycles. The molecular weight excluding hydrogens is 424 g/mol. The Labute approximate surface area is 188 Å². The Morgan fingerprint density at radius 3 is 2.38 bits per heavy atom. The fraction of sp³-hybridized carbons (Fsp3) is 0.0800. The van der Waals surface area contributed by atoms with E-state index in [4.69, 9.17) is 4.74 Å². The number of ether oxygens (including phenoxy) is 1. The van der Waals surface area contributed by atoms with E-state index in [1.807, 2.05) is 48.5 Å². The zero-order chi connectivity index (χ0) is 22.2. The lowest BCUT2D eigenvalue weighted by atomic mass is 9.95. The van der Waals surface area contributed by atoms with E-state index in [2.05, 4.69) is 4.98 Å². The van der Waals surface area contributed by atoms with E-state index < -0.39 is 17.7 Å². The van der Waals surface area contributed by atoms with Gasteiger partial charge >= 0.3 is 5.91 Å². The molecule has 1 fully saturated rings. The molecule has 0 bridgehead atoms. The van der Waals surface area contributed by atoms with Crippen LogP contribution in [0.2, 0.25) is 0 Å². The van der Waals surface area contributed by atoms with E-state index >= 15 is 0 Å². The van der Waals surface area contributed by atoms with Crippen LogP contribution in [0.15, 0.2) is 84.4 Å². The number of amides is 1. The summed E-state index contributed by atoms with van der Waals surface area (Å²) >= 11 is 1.30. The summed E-state index contributed by atoms with van der Waals surface area (Å²) in [5.41, 5.74) is 1.92. The summed E-state index contributed by atoms with van der Waals surface area (Å²) in [6, 6.07) is 22.6. The Morgan fingerprint density at radius 1 is 1.00 bits per heavy atom. The predicted octanol–water partition coefficient (Wildman–Crippen LogP) is 4.93. The van der Waals surface area contributed by atoms with Gasteiger partial charge in [0.05, 0.1) is 28.9 Å². The summed E-state index contributed by atoms with van der Waals surface area (Å²) in [4.78, 5) is 32.3. The van der Waals surface area contributed by atoms with Crippen molar-refractivity contribution in [1.29, 1.82) is 0 Å². The molecule has 158 valence electrons. The lowest BCUT2D eigenvalue weighted by molar-refractivity contribution is -0.132. The van der Waals surface area contributed by atoms with Gasteiger partial charge in [0.1, 0.15) is 11.5 Å². The maximum Gasteiger partial charge on any atom is 0.301 e. The van der Waals surface area contributed by atoms with Crippen LogP contribution >= 0.6 is 11.3 Å². The second-order valence-corrected chi connectivity index (χ2v) is 8.29. The Balaban J connectivity index is 1.71. The molecule has 1 aromatic heterocycles. The number of thiazole rings is 1. The number of hydrogen-bond acceptors (Lipinski definition) is 6. The summed E-state index contributed by atoms with van der Waals surface area (Å²) < 4.78 is 6.12. The molecule has 1 amide bonds. The van der Waals surface area contributed by atoms with Gasteiger partial charge in [-0.25, -0.2) is 4.98 Å². The van der Waals surface area contributed by atoms with Gasteiger partial charge in [0.25, 0.3) is 5.78 Å². The monoisotopic (exact) mass is 442 g/mol. The molecule has 4 aromatic rings. The molecule has 3 aromatic carbocycles. The van der Waals surface area contributed by atoms with E-state index in [0.717, 1.165) is 4.70 Å². The average Bonchev–Trinajstić information content (AvgIpc) is 3.37. The van der Waals surface area contributed by atoms with Crippen LogP contribution in [0.1, 0.15) is 17.2 Å². The number of carbonyl (C=O) groups is 2. The SMILES string of the molecule is COc1ccc2nc(N3C(=O)C(=O)C(=C(O)c4ccccc4)[C@@H]3c3ccccc3)sc2c1. The minimum Gasteiger partial charge on any atom is -0.507 e. The standard InChI is InChI=1S/C25H18N2O4S/c1-31-17-12-13-18-19(14-17)32-25(26-18)27-21(15-8-4-2-5-9-15)20(23(29)24(27)30)22(28)16-10-6-3-7-11-16/h2-14,21,28H,1H3/t21-/m0/s1. The van der Waals surface area contributed by atoms with Crippen LogP contribution in [0.4, 0.5) is 5.13 Å². The van der Waals surface area contributed by atoms with Crippen LogP contribution in [-0.2, 0) is 9.59 Å². The first-order valence-electron chi connectivity index (χ1n) is 9.94. The predicted molar refractivity (Wildman–Crippen MR) is 124 cm³/mol. The topological polar surface area (TPSA) is 79.7 Å². The van der Waals surface area contributed by atoms with E-state index in [-0.39, 0.29) is 11.3 Å². The van der Waals surface area contributed by atoms with Crippen molar-refractivity contribution in [2.24, 2.45) is 0 Å². The summed E-state index contributed by atoms with van der Waals surface area (Å²) in [5, 5.41) is 11.4. The third-order valence-corrected chi connectivity index (χ3v) is 6.41. The van der Waals surface area contributed by atoms with Gasteiger partial charge in [-0.3, -0.25) is 14.5 Å². The van der Waals surface area contributed by atoms with Crippen molar-refractivity contribution in [2.75, 3.05) is 12.0 Å². The number of aliphatic hydroxyl groups excluding tert-OH is 1. The third kappa shape index (κ3) is 3.23. The number of benzene rings is 3. The molecule has 1 atom stereocenters. The van der Waals surface area contributed by atoms with Gasteiger partial charge in [-0.2, -0.15) is 0 Å². The van der Waals surface area contributed by atoms with Crippen molar-refractivity contribution in [3.05, 3.63) is 95.6 Å². The number of ketones is 1. The van der Waals surface area contributed by atoms with Crippen LogP contribution in [-0.4, -0.2) is 28.9 Å². The molecule has 0 saturated carbocycles. The molecule has 0 spiro atoms. The molecule has 0 unspecified atom stereocenters. The van der Waals surface area contributed by atoms with Crippen LogP contribution in [0.5, 0.6) is 5.75 Å². The zero-order valence-corrected chi connectivity index (χ0v) is 17.9. The van der Waals surface area contributed by atoms with Crippen LogP contribution < -0.4 is 9.64 Å². The Kier molecular flexibility index (Phi) is 4.95. The van der Waals surface area contributed by atoms with Crippen molar-refractivity contribution in [2.45, 2.75) is 6.04 Å². The maximum atomic E-state index is 13.2. The van der Waals surface area contributed by atoms with E-state index in [1.54, 1.807) is 37.4 Å². The summed E-state index contributed by atoms with van der Waals surface area (Å²) in [7, 11) is 1.58. The summed E-state index contributed by atoms with van der Waals surface area (Å²) in [6.07, 6.45) is 0. The molecule has 32 heavy (non-hydrogen) atoms. The molecular formula is C25H18N2O4S.